The lowest BCUT2D eigenvalue weighted by molar-refractivity contribution is 0.0933. The highest BCUT2D eigenvalue weighted by Crippen LogP contribution is 2.36. The van der Waals surface area contributed by atoms with E-state index in [2.05, 4.69) is 22.0 Å². The van der Waals surface area contributed by atoms with E-state index in [-0.39, 0.29) is 17.3 Å². The fourth-order valence-electron chi connectivity index (χ4n) is 4.43. The van der Waals surface area contributed by atoms with Gasteiger partial charge in [0.1, 0.15) is 17.5 Å². The van der Waals surface area contributed by atoms with Gasteiger partial charge in [0.15, 0.2) is 5.78 Å². The van der Waals surface area contributed by atoms with Gasteiger partial charge in [-0.15, -0.1) is 0 Å². The van der Waals surface area contributed by atoms with Gasteiger partial charge in [0.25, 0.3) is 0 Å². The molecule has 1 aromatic heterocycles. The van der Waals surface area contributed by atoms with Crippen LogP contribution in [0.3, 0.4) is 0 Å². The predicted molar refractivity (Wildman–Crippen MR) is 116 cm³/mol. The number of carbonyl (C=O) groups is 1. The van der Waals surface area contributed by atoms with Crippen LogP contribution in [0.25, 0.3) is 10.9 Å². The summed E-state index contributed by atoms with van der Waals surface area (Å²) in [4.78, 5) is 13.4. The number of hydrogen-bond donors (Lipinski definition) is 3. The van der Waals surface area contributed by atoms with Gasteiger partial charge in [-0.05, 0) is 47.9 Å². The van der Waals surface area contributed by atoms with Crippen molar-refractivity contribution in [1.29, 1.82) is 0 Å². The number of ketones is 1. The zero-order chi connectivity index (χ0) is 20.7. The molecule has 0 aliphatic carbocycles. The van der Waals surface area contributed by atoms with E-state index in [0.29, 0.717) is 18.7 Å². The molecule has 0 saturated carbocycles. The number of phenolic OH excluding ortho intramolecular Hbond substituents is 2. The largest absolute Gasteiger partial charge is 0.508 e. The Morgan fingerprint density at radius 1 is 0.967 bits per heavy atom. The molecular formula is C25H22N2O3. The molecule has 3 aromatic carbocycles. The lowest BCUT2D eigenvalue weighted by Gasteiger charge is -2.26. The Morgan fingerprint density at radius 2 is 1.70 bits per heavy atom. The van der Waals surface area contributed by atoms with Crippen molar-refractivity contribution in [3.8, 4) is 11.5 Å². The van der Waals surface area contributed by atoms with Gasteiger partial charge in [0.05, 0.1) is 5.56 Å². The molecule has 4 aromatic rings. The molecule has 3 N–H and O–H groups in total. The lowest BCUT2D eigenvalue weighted by Crippen LogP contribution is -2.36. The molecule has 1 aliphatic rings. The number of nitrogens with one attached hydrogen (secondary N) is 1. The van der Waals surface area contributed by atoms with Gasteiger partial charge in [0.2, 0.25) is 0 Å². The molecule has 5 rings (SSSR count). The highest BCUT2D eigenvalue weighted by molar-refractivity contribution is 6.04. The Labute approximate surface area is 174 Å². The van der Waals surface area contributed by atoms with Gasteiger partial charge < -0.3 is 20.1 Å². The second-order valence-electron chi connectivity index (χ2n) is 7.65. The number of aromatic hydroxyl groups is 2. The molecule has 0 fully saturated rings. The molecule has 150 valence electrons. The quantitative estimate of drug-likeness (QED) is 0.451. The Hall–Kier alpha value is -3.57. The third-order valence-electron chi connectivity index (χ3n) is 5.83. The average Bonchev–Trinajstić information content (AvgIpc) is 3.09. The summed E-state index contributed by atoms with van der Waals surface area (Å²) >= 11 is 0. The highest BCUT2D eigenvalue weighted by atomic mass is 16.3. The molecule has 5 heteroatoms. The maximum Gasteiger partial charge on any atom is 0.189 e. The number of benzene rings is 3. The van der Waals surface area contributed by atoms with E-state index in [4.69, 9.17) is 0 Å². The minimum Gasteiger partial charge on any atom is -0.508 e. The van der Waals surface area contributed by atoms with Crippen molar-refractivity contribution in [2.75, 3.05) is 6.54 Å². The number of Topliss-reactive ketones (excluding diaryl/α,β-unsaturated/α-hetero) is 1. The van der Waals surface area contributed by atoms with E-state index in [1.54, 1.807) is 36.4 Å². The second kappa shape index (κ2) is 7.35. The number of para-hydroxylation sites is 2. The third-order valence-corrected chi connectivity index (χ3v) is 5.83. The second-order valence-corrected chi connectivity index (χ2v) is 7.65. The summed E-state index contributed by atoms with van der Waals surface area (Å²) in [6, 6.07) is 21.5. The van der Waals surface area contributed by atoms with Crippen LogP contribution in [0.1, 0.15) is 33.2 Å². The van der Waals surface area contributed by atoms with Gasteiger partial charge in [-0.25, -0.2) is 0 Å². The topological polar surface area (TPSA) is 74.5 Å². The summed E-state index contributed by atoms with van der Waals surface area (Å²) in [7, 11) is 0. The van der Waals surface area contributed by atoms with E-state index in [0.717, 1.165) is 28.6 Å². The molecule has 1 unspecified atom stereocenters. The number of fused-ring (bicyclic) bond motifs is 3. The first-order chi connectivity index (χ1) is 14.6. The van der Waals surface area contributed by atoms with Crippen molar-refractivity contribution < 1.29 is 15.0 Å². The van der Waals surface area contributed by atoms with Gasteiger partial charge in [-0.1, -0.05) is 42.5 Å². The first kappa shape index (κ1) is 18.5. The van der Waals surface area contributed by atoms with Crippen LogP contribution in [0.2, 0.25) is 0 Å². The number of hydrogen-bond acceptors (Lipinski definition) is 4. The molecule has 30 heavy (non-hydrogen) atoms. The van der Waals surface area contributed by atoms with Gasteiger partial charge in [-0.2, -0.15) is 0 Å². The minimum absolute atomic E-state index is 0.00220. The van der Waals surface area contributed by atoms with Crippen LogP contribution in [-0.4, -0.2) is 27.1 Å². The van der Waals surface area contributed by atoms with E-state index in [1.165, 1.54) is 5.56 Å². The smallest absolute Gasteiger partial charge is 0.189 e. The van der Waals surface area contributed by atoms with Crippen LogP contribution in [0.5, 0.6) is 11.5 Å². The number of rotatable bonds is 4. The van der Waals surface area contributed by atoms with Crippen molar-refractivity contribution in [3.05, 3.63) is 95.2 Å². The van der Waals surface area contributed by atoms with Crippen molar-refractivity contribution in [3.63, 3.8) is 0 Å². The molecular weight excluding hydrogens is 376 g/mol. The lowest BCUT2D eigenvalue weighted by atomic mass is 9.93. The van der Waals surface area contributed by atoms with Crippen LogP contribution >= 0.6 is 0 Å². The number of aromatic nitrogens is 1. The number of phenols is 2. The van der Waals surface area contributed by atoms with Crippen LogP contribution in [0, 0.1) is 0 Å². The number of nitrogens with zero attached hydrogens (tertiary/aromatic N) is 1. The molecule has 2 heterocycles. The highest BCUT2D eigenvalue weighted by Gasteiger charge is 2.33. The summed E-state index contributed by atoms with van der Waals surface area (Å²) < 4.78 is 2.19. The predicted octanol–water partition coefficient (Wildman–Crippen LogP) is 4.17. The Balaban J connectivity index is 1.67. The van der Waals surface area contributed by atoms with Gasteiger partial charge >= 0.3 is 0 Å². The average molecular weight is 398 g/mol. The van der Waals surface area contributed by atoms with E-state index < -0.39 is 6.04 Å². The van der Waals surface area contributed by atoms with Crippen LogP contribution in [0.4, 0.5) is 0 Å². The monoisotopic (exact) mass is 398 g/mol. The first-order valence-corrected chi connectivity index (χ1v) is 10.1. The van der Waals surface area contributed by atoms with Crippen molar-refractivity contribution in [2.45, 2.75) is 19.0 Å². The molecule has 1 atom stereocenters. The fraction of sp³-hybridized carbons (Fsp3) is 0.160. The molecule has 0 amide bonds. The normalized spacial score (nSPS) is 15.8. The zero-order valence-corrected chi connectivity index (χ0v) is 16.4. The summed E-state index contributed by atoms with van der Waals surface area (Å²) in [6.07, 6.45) is 0.836. The van der Waals surface area contributed by atoms with Crippen molar-refractivity contribution >= 4 is 16.7 Å². The Bertz CT molecular complexity index is 1240. The first-order valence-electron chi connectivity index (χ1n) is 10.1. The minimum atomic E-state index is -0.536. The summed E-state index contributed by atoms with van der Waals surface area (Å²) in [5.74, 6) is 0.0915. The maximum absolute atomic E-state index is 13.4. The van der Waals surface area contributed by atoms with Gasteiger partial charge in [0, 0.05) is 29.7 Å². The van der Waals surface area contributed by atoms with Crippen LogP contribution < -0.4 is 5.32 Å². The summed E-state index contributed by atoms with van der Waals surface area (Å²) in [6.45, 7) is 1.28. The van der Waals surface area contributed by atoms with Crippen molar-refractivity contribution in [2.24, 2.45) is 0 Å². The summed E-state index contributed by atoms with van der Waals surface area (Å²) in [5, 5.41) is 24.4. The van der Waals surface area contributed by atoms with Gasteiger partial charge in [-0.3, -0.25) is 4.79 Å². The molecule has 1 aliphatic heterocycles. The third kappa shape index (κ3) is 3.04. The fourth-order valence-corrected chi connectivity index (χ4v) is 4.43. The Kier molecular flexibility index (Phi) is 4.52. The van der Waals surface area contributed by atoms with E-state index in [1.807, 2.05) is 24.3 Å². The van der Waals surface area contributed by atoms with E-state index in [9.17, 15) is 15.0 Å². The SMILES string of the molecule is O=C(c1ccccc1O)C1NCCc2c1n(Cc1ccc(O)cc1)c1ccccc21. The summed E-state index contributed by atoms with van der Waals surface area (Å²) in [5.41, 5.74) is 4.56. The molecule has 0 spiro atoms. The Morgan fingerprint density at radius 3 is 2.50 bits per heavy atom. The van der Waals surface area contributed by atoms with Crippen LogP contribution in [-0.2, 0) is 13.0 Å². The maximum atomic E-state index is 13.4. The van der Waals surface area contributed by atoms with Crippen molar-refractivity contribution in [1.82, 2.24) is 9.88 Å². The van der Waals surface area contributed by atoms with Crippen LogP contribution in [0.15, 0.2) is 72.8 Å². The molecule has 0 radical (unpaired) electrons. The molecule has 5 nitrogen and oxygen atoms in total. The number of carbonyl (C=O) groups excluding carboxylic acids is 1. The molecule has 0 bridgehead atoms. The standard InChI is InChI=1S/C25H22N2O3/c28-17-11-9-16(10-12-17)15-27-21-7-3-1-5-18(21)19-13-14-26-23(24(19)27)25(30)20-6-2-4-8-22(20)29/h1-12,23,26,28-29H,13-15H2. The molecule has 0 saturated heterocycles. The van der Waals surface area contributed by atoms with E-state index >= 15 is 0 Å². The zero-order valence-electron chi connectivity index (χ0n) is 16.4.